The Morgan fingerprint density at radius 3 is 2.85 bits per heavy atom. The summed E-state index contributed by atoms with van der Waals surface area (Å²) in [5.74, 6) is -0.127. The zero-order valence-corrected chi connectivity index (χ0v) is 15.6. The maximum Gasteiger partial charge on any atom is 0.251 e. The molecule has 0 atom stereocenters. The van der Waals surface area contributed by atoms with E-state index in [0.717, 1.165) is 55.7 Å². The first-order valence-electron chi connectivity index (χ1n) is 9.50. The summed E-state index contributed by atoms with van der Waals surface area (Å²) in [5, 5.41) is 7.64. The molecule has 0 saturated carbocycles. The van der Waals surface area contributed by atoms with E-state index in [4.69, 9.17) is 0 Å². The van der Waals surface area contributed by atoms with Gasteiger partial charge in [-0.15, -0.1) is 0 Å². The minimum absolute atomic E-state index is 0.127. The molecule has 1 aliphatic rings. The highest BCUT2D eigenvalue weighted by Crippen LogP contribution is 2.15. The highest BCUT2D eigenvalue weighted by Gasteiger charge is 2.16. The quantitative estimate of drug-likeness (QED) is 0.752. The number of fused-ring (bicyclic) bond motifs is 2. The van der Waals surface area contributed by atoms with Crippen molar-refractivity contribution < 1.29 is 4.79 Å². The molecule has 1 aliphatic heterocycles. The SMILES string of the molecule is CCCN1CCCn2nc(CNC(=O)c3ccc4nccnc4c3)cc2C1. The fourth-order valence-corrected chi connectivity index (χ4v) is 3.56. The lowest BCUT2D eigenvalue weighted by Gasteiger charge is -2.17. The van der Waals surface area contributed by atoms with Crippen molar-refractivity contribution in [2.24, 2.45) is 0 Å². The topological polar surface area (TPSA) is 75.9 Å². The molecule has 2 aromatic heterocycles. The van der Waals surface area contributed by atoms with Gasteiger partial charge in [-0.3, -0.25) is 24.3 Å². The number of aryl methyl sites for hydroxylation is 1. The number of benzene rings is 1. The summed E-state index contributed by atoms with van der Waals surface area (Å²) in [6, 6.07) is 7.47. The number of carbonyl (C=O) groups excluding carboxylic acids is 1. The van der Waals surface area contributed by atoms with Crippen molar-refractivity contribution in [2.45, 2.75) is 39.4 Å². The number of hydrogen-bond acceptors (Lipinski definition) is 5. The van der Waals surface area contributed by atoms with Gasteiger partial charge in [0.15, 0.2) is 0 Å². The van der Waals surface area contributed by atoms with Gasteiger partial charge in [0.2, 0.25) is 0 Å². The highest BCUT2D eigenvalue weighted by atomic mass is 16.1. The van der Waals surface area contributed by atoms with E-state index in [0.29, 0.717) is 12.1 Å². The second-order valence-electron chi connectivity index (χ2n) is 6.92. The maximum absolute atomic E-state index is 12.5. The molecule has 0 spiro atoms. The van der Waals surface area contributed by atoms with Crippen LogP contribution in [-0.4, -0.2) is 43.6 Å². The molecule has 0 radical (unpaired) electrons. The fourth-order valence-electron chi connectivity index (χ4n) is 3.56. The summed E-state index contributed by atoms with van der Waals surface area (Å²) in [6.07, 6.45) is 5.54. The second kappa shape index (κ2) is 7.84. The Morgan fingerprint density at radius 1 is 1.15 bits per heavy atom. The molecule has 0 unspecified atom stereocenters. The molecule has 0 fully saturated rings. The minimum Gasteiger partial charge on any atom is -0.346 e. The molecule has 3 aromatic rings. The zero-order valence-electron chi connectivity index (χ0n) is 15.6. The normalized spacial score (nSPS) is 14.7. The van der Waals surface area contributed by atoms with Gasteiger partial charge in [0.1, 0.15) is 0 Å². The van der Waals surface area contributed by atoms with Crippen molar-refractivity contribution in [3.63, 3.8) is 0 Å². The lowest BCUT2D eigenvalue weighted by Crippen LogP contribution is -2.24. The van der Waals surface area contributed by atoms with Crippen molar-refractivity contribution in [2.75, 3.05) is 13.1 Å². The first-order chi connectivity index (χ1) is 13.2. The molecule has 1 aromatic carbocycles. The Morgan fingerprint density at radius 2 is 2.00 bits per heavy atom. The van der Waals surface area contributed by atoms with Gasteiger partial charge < -0.3 is 5.32 Å². The number of rotatable bonds is 5. The first kappa shape index (κ1) is 17.6. The lowest BCUT2D eigenvalue weighted by molar-refractivity contribution is 0.0950. The van der Waals surface area contributed by atoms with Crippen molar-refractivity contribution >= 4 is 16.9 Å². The van der Waals surface area contributed by atoms with E-state index >= 15 is 0 Å². The lowest BCUT2D eigenvalue weighted by atomic mass is 10.2. The van der Waals surface area contributed by atoms with Gasteiger partial charge in [-0.2, -0.15) is 5.10 Å². The molecule has 3 heterocycles. The van der Waals surface area contributed by atoms with Gasteiger partial charge in [-0.1, -0.05) is 6.92 Å². The Labute approximate surface area is 158 Å². The predicted octanol–water partition coefficient (Wildman–Crippen LogP) is 2.37. The Kier molecular flexibility index (Phi) is 5.11. The second-order valence-corrected chi connectivity index (χ2v) is 6.92. The van der Waals surface area contributed by atoms with Gasteiger partial charge in [0, 0.05) is 37.6 Å². The summed E-state index contributed by atoms with van der Waals surface area (Å²) in [6.45, 7) is 6.73. The third kappa shape index (κ3) is 3.98. The van der Waals surface area contributed by atoms with Crippen molar-refractivity contribution in [1.29, 1.82) is 0 Å². The highest BCUT2D eigenvalue weighted by molar-refractivity contribution is 5.97. The number of aromatic nitrogens is 4. The molecule has 0 bridgehead atoms. The monoisotopic (exact) mass is 364 g/mol. The van der Waals surface area contributed by atoms with E-state index in [9.17, 15) is 4.79 Å². The number of nitrogens with one attached hydrogen (secondary N) is 1. The van der Waals surface area contributed by atoms with Gasteiger partial charge in [0.05, 0.1) is 29.0 Å². The predicted molar refractivity (Wildman–Crippen MR) is 103 cm³/mol. The Bertz CT molecular complexity index is 951. The van der Waals surface area contributed by atoms with Gasteiger partial charge in [0.25, 0.3) is 5.91 Å². The van der Waals surface area contributed by atoms with E-state index in [1.54, 1.807) is 24.5 Å². The minimum atomic E-state index is -0.127. The average Bonchev–Trinajstić information content (AvgIpc) is 2.97. The van der Waals surface area contributed by atoms with Crippen LogP contribution in [0.25, 0.3) is 11.0 Å². The molecule has 140 valence electrons. The summed E-state index contributed by atoms with van der Waals surface area (Å²) in [4.78, 5) is 23.4. The number of hydrogen-bond donors (Lipinski definition) is 1. The largest absolute Gasteiger partial charge is 0.346 e. The van der Waals surface area contributed by atoms with E-state index in [1.807, 2.05) is 6.07 Å². The van der Waals surface area contributed by atoms with Crippen molar-refractivity contribution in [1.82, 2.24) is 30.0 Å². The number of amides is 1. The summed E-state index contributed by atoms with van der Waals surface area (Å²) >= 11 is 0. The third-order valence-corrected chi connectivity index (χ3v) is 4.85. The molecule has 4 rings (SSSR count). The fraction of sp³-hybridized carbons (Fsp3) is 0.400. The molecule has 1 N–H and O–H groups in total. The summed E-state index contributed by atoms with van der Waals surface area (Å²) in [7, 11) is 0. The smallest absolute Gasteiger partial charge is 0.251 e. The molecule has 0 saturated heterocycles. The van der Waals surface area contributed by atoms with Crippen LogP contribution in [0, 0.1) is 0 Å². The number of nitrogens with zero attached hydrogens (tertiary/aromatic N) is 5. The van der Waals surface area contributed by atoms with Crippen LogP contribution >= 0.6 is 0 Å². The molecule has 7 heteroatoms. The Balaban J connectivity index is 1.42. The maximum atomic E-state index is 12.5. The zero-order chi connectivity index (χ0) is 18.6. The molecule has 27 heavy (non-hydrogen) atoms. The van der Waals surface area contributed by atoms with Crippen LogP contribution in [0.2, 0.25) is 0 Å². The molecule has 7 nitrogen and oxygen atoms in total. The standard InChI is InChI=1S/C20H24N6O/c1-2-8-25-9-3-10-26-17(14-25)12-16(24-26)13-23-20(27)15-4-5-18-19(11-15)22-7-6-21-18/h4-7,11-12H,2-3,8-10,13-14H2,1H3,(H,23,27). The van der Waals surface area contributed by atoms with Crippen LogP contribution in [-0.2, 0) is 19.6 Å². The van der Waals surface area contributed by atoms with Crippen LogP contribution in [0.15, 0.2) is 36.7 Å². The van der Waals surface area contributed by atoms with Gasteiger partial charge in [-0.05, 0) is 43.7 Å². The van der Waals surface area contributed by atoms with Gasteiger partial charge in [-0.25, -0.2) is 0 Å². The molecule has 0 aliphatic carbocycles. The van der Waals surface area contributed by atoms with Gasteiger partial charge >= 0.3 is 0 Å². The van der Waals surface area contributed by atoms with Crippen LogP contribution in [0.3, 0.4) is 0 Å². The van der Waals surface area contributed by atoms with Crippen LogP contribution in [0.1, 0.15) is 41.5 Å². The average molecular weight is 364 g/mol. The van der Waals surface area contributed by atoms with E-state index in [-0.39, 0.29) is 5.91 Å². The molecular formula is C20H24N6O. The third-order valence-electron chi connectivity index (χ3n) is 4.85. The summed E-state index contributed by atoms with van der Waals surface area (Å²) in [5.41, 5.74) is 4.21. The Hall–Kier alpha value is -2.80. The van der Waals surface area contributed by atoms with Crippen molar-refractivity contribution in [3.8, 4) is 0 Å². The molecule has 1 amide bonds. The first-order valence-corrected chi connectivity index (χ1v) is 9.50. The van der Waals surface area contributed by atoms with Crippen LogP contribution in [0.5, 0.6) is 0 Å². The van der Waals surface area contributed by atoms with Crippen LogP contribution in [0.4, 0.5) is 0 Å². The number of carbonyl (C=O) groups is 1. The summed E-state index contributed by atoms with van der Waals surface area (Å²) < 4.78 is 2.09. The van der Waals surface area contributed by atoms with E-state index in [2.05, 4.69) is 43.0 Å². The van der Waals surface area contributed by atoms with Crippen LogP contribution < -0.4 is 5.32 Å². The molecular weight excluding hydrogens is 340 g/mol. The van der Waals surface area contributed by atoms with E-state index in [1.165, 1.54) is 5.69 Å². The van der Waals surface area contributed by atoms with E-state index < -0.39 is 0 Å². The van der Waals surface area contributed by atoms with Crippen molar-refractivity contribution in [3.05, 3.63) is 53.6 Å².